The third kappa shape index (κ3) is 2.69. The Bertz CT molecular complexity index is 160. The van der Waals surface area contributed by atoms with Crippen molar-refractivity contribution in [3.63, 3.8) is 0 Å². The Kier molecular flexibility index (Phi) is 4.22. The van der Waals surface area contributed by atoms with E-state index < -0.39 is 0 Å². The molecule has 1 aliphatic heterocycles. The molecule has 0 aliphatic carbocycles. The van der Waals surface area contributed by atoms with Crippen LogP contribution in [0.15, 0.2) is 0 Å². The van der Waals surface area contributed by atoms with E-state index >= 15 is 0 Å². The van der Waals surface area contributed by atoms with Gasteiger partial charge >= 0.3 is 0 Å². The molecule has 1 aliphatic rings. The first-order chi connectivity index (χ1) is 6.29. The van der Waals surface area contributed by atoms with Crippen molar-refractivity contribution in [2.45, 2.75) is 26.7 Å². The van der Waals surface area contributed by atoms with E-state index in [0.29, 0.717) is 5.91 Å². The van der Waals surface area contributed by atoms with Gasteiger partial charge in [0.1, 0.15) is 0 Å². The zero-order valence-corrected chi connectivity index (χ0v) is 8.62. The van der Waals surface area contributed by atoms with Crippen LogP contribution in [0.5, 0.6) is 0 Å². The highest BCUT2D eigenvalue weighted by Gasteiger charge is 2.24. The lowest BCUT2D eigenvalue weighted by molar-refractivity contribution is -0.135. The highest BCUT2D eigenvalue weighted by Crippen LogP contribution is 2.13. The topological polar surface area (TPSA) is 34.4 Å². The third-order valence-corrected chi connectivity index (χ3v) is 2.64. The molecule has 0 saturated carbocycles. The molecule has 0 aromatic rings. The van der Waals surface area contributed by atoms with Crippen LogP contribution < -0.4 is 5.32 Å². The third-order valence-electron chi connectivity index (χ3n) is 2.64. The van der Waals surface area contributed by atoms with Crippen LogP contribution in [0.3, 0.4) is 0 Å². The van der Waals surface area contributed by atoms with Crippen LogP contribution in [-0.4, -0.2) is 37.0 Å². The molecule has 1 saturated heterocycles. The molecule has 0 aromatic heterocycles. The van der Waals surface area contributed by atoms with E-state index in [1.807, 2.05) is 18.7 Å². The molecule has 75 valence electrons. The van der Waals surface area contributed by atoms with E-state index in [-0.39, 0.29) is 5.92 Å². The van der Waals surface area contributed by atoms with E-state index in [0.717, 1.165) is 39.0 Å². The van der Waals surface area contributed by atoms with Crippen LogP contribution >= 0.6 is 0 Å². The minimum atomic E-state index is 0.175. The summed E-state index contributed by atoms with van der Waals surface area (Å²) in [6, 6.07) is 0. The molecule has 3 heteroatoms. The van der Waals surface area contributed by atoms with Crippen molar-refractivity contribution in [2.24, 2.45) is 5.92 Å². The van der Waals surface area contributed by atoms with Crippen molar-refractivity contribution >= 4 is 5.91 Å². The van der Waals surface area contributed by atoms with Gasteiger partial charge in [-0.15, -0.1) is 0 Å². The predicted molar refractivity (Wildman–Crippen MR) is 52.5 cm³/mol. The normalized spacial score (nSPS) is 22.8. The first-order valence-electron chi connectivity index (χ1n) is 5.21. The molecule has 1 atom stereocenters. The fourth-order valence-electron chi connectivity index (χ4n) is 1.78. The maximum atomic E-state index is 11.8. The summed E-state index contributed by atoms with van der Waals surface area (Å²) >= 11 is 0. The van der Waals surface area contributed by atoms with Crippen LogP contribution in [0, 0.1) is 5.92 Å². The molecule has 0 bridgehead atoms. The van der Waals surface area contributed by atoms with Crippen molar-refractivity contribution in [2.75, 3.05) is 26.2 Å². The molecular formula is C10H19N2O. The van der Waals surface area contributed by atoms with Gasteiger partial charge in [-0.05, 0) is 26.7 Å². The first-order valence-corrected chi connectivity index (χ1v) is 5.21. The summed E-state index contributed by atoms with van der Waals surface area (Å²) in [5, 5.41) is 4.28. The average Bonchev–Trinajstić information content (AvgIpc) is 2.21. The van der Waals surface area contributed by atoms with Crippen molar-refractivity contribution in [1.29, 1.82) is 0 Å². The van der Waals surface area contributed by atoms with Crippen LogP contribution in [0.1, 0.15) is 26.7 Å². The van der Waals surface area contributed by atoms with Gasteiger partial charge < -0.3 is 4.90 Å². The zero-order chi connectivity index (χ0) is 9.68. The summed E-state index contributed by atoms with van der Waals surface area (Å²) in [7, 11) is 0. The maximum Gasteiger partial charge on any atom is 0.227 e. The fraction of sp³-hybridized carbons (Fsp3) is 0.900. The largest absolute Gasteiger partial charge is 0.343 e. The molecule has 0 aromatic carbocycles. The summed E-state index contributed by atoms with van der Waals surface area (Å²) in [6.45, 7) is 7.40. The Morgan fingerprint density at radius 3 is 2.62 bits per heavy atom. The van der Waals surface area contributed by atoms with Crippen LogP contribution in [-0.2, 0) is 4.79 Å². The van der Waals surface area contributed by atoms with Crippen LogP contribution in [0.25, 0.3) is 0 Å². The SMILES string of the molecule is CCN(CC)C(=O)C1CCC[N]C1. The molecule has 1 unspecified atom stereocenters. The summed E-state index contributed by atoms with van der Waals surface area (Å²) in [4.78, 5) is 13.7. The molecule has 3 nitrogen and oxygen atoms in total. The summed E-state index contributed by atoms with van der Waals surface area (Å²) in [5.41, 5.74) is 0. The molecule has 1 amide bonds. The minimum Gasteiger partial charge on any atom is -0.343 e. The van der Waals surface area contributed by atoms with Crippen LogP contribution in [0.2, 0.25) is 0 Å². The van der Waals surface area contributed by atoms with Gasteiger partial charge in [-0.2, -0.15) is 0 Å². The van der Waals surface area contributed by atoms with E-state index in [2.05, 4.69) is 5.32 Å². The van der Waals surface area contributed by atoms with Crippen LogP contribution in [0.4, 0.5) is 0 Å². The Morgan fingerprint density at radius 1 is 1.46 bits per heavy atom. The molecule has 0 N–H and O–H groups in total. The molecule has 1 heterocycles. The fourth-order valence-corrected chi connectivity index (χ4v) is 1.78. The minimum absolute atomic E-state index is 0.175. The molecule has 1 rings (SSSR count). The van der Waals surface area contributed by atoms with Gasteiger partial charge in [0.05, 0.1) is 5.92 Å². The summed E-state index contributed by atoms with van der Waals surface area (Å²) in [5.74, 6) is 0.474. The number of hydrogen-bond acceptors (Lipinski definition) is 1. The molecule has 1 radical (unpaired) electrons. The van der Waals surface area contributed by atoms with Crippen molar-refractivity contribution in [3.8, 4) is 0 Å². The lowest BCUT2D eigenvalue weighted by Gasteiger charge is -2.27. The predicted octanol–water partition coefficient (Wildman–Crippen LogP) is 0.869. The lowest BCUT2D eigenvalue weighted by atomic mass is 9.98. The highest BCUT2D eigenvalue weighted by molar-refractivity contribution is 5.79. The lowest BCUT2D eigenvalue weighted by Crippen LogP contribution is -2.41. The zero-order valence-electron chi connectivity index (χ0n) is 8.62. The second kappa shape index (κ2) is 5.22. The Morgan fingerprint density at radius 2 is 2.15 bits per heavy atom. The van der Waals surface area contributed by atoms with Gasteiger partial charge in [-0.25, -0.2) is 5.32 Å². The number of nitrogens with zero attached hydrogens (tertiary/aromatic N) is 2. The maximum absolute atomic E-state index is 11.8. The number of rotatable bonds is 3. The highest BCUT2D eigenvalue weighted by atomic mass is 16.2. The van der Waals surface area contributed by atoms with E-state index in [4.69, 9.17) is 0 Å². The standard InChI is InChI=1S/C10H19N2O/c1-3-12(4-2)10(13)9-6-5-7-11-8-9/h9H,3-8H2,1-2H3. The average molecular weight is 183 g/mol. The van der Waals surface area contributed by atoms with Gasteiger partial charge in [0.15, 0.2) is 0 Å². The summed E-state index contributed by atoms with van der Waals surface area (Å²) in [6.07, 6.45) is 2.11. The molecule has 13 heavy (non-hydrogen) atoms. The number of amides is 1. The summed E-state index contributed by atoms with van der Waals surface area (Å²) < 4.78 is 0. The van der Waals surface area contributed by atoms with Gasteiger partial charge in [-0.1, -0.05) is 0 Å². The molecular weight excluding hydrogens is 164 g/mol. The quantitative estimate of drug-likeness (QED) is 0.639. The first kappa shape index (κ1) is 10.5. The number of carbonyl (C=O) groups is 1. The van der Waals surface area contributed by atoms with Crippen molar-refractivity contribution < 1.29 is 4.79 Å². The van der Waals surface area contributed by atoms with E-state index in [9.17, 15) is 4.79 Å². The van der Waals surface area contributed by atoms with Crippen molar-refractivity contribution in [1.82, 2.24) is 10.2 Å². The Balaban J connectivity index is 2.44. The Labute approximate surface area is 80.5 Å². The number of hydrogen-bond donors (Lipinski definition) is 0. The van der Waals surface area contributed by atoms with Gasteiger partial charge in [-0.3, -0.25) is 4.79 Å². The van der Waals surface area contributed by atoms with Gasteiger partial charge in [0.25, 0.3) is 0 Å². The van der Waals surface area contributed by atoms with Gasteiger partial charge in [0, 0.05) is 26.2 Å². The van der Waals surface area contributed by atoms with E-state index in [1.165, 1.54) is 0 Å². The molecule has 1 fully saturated rings. The smallest absolute Gasteiger partial charge is 0.227 e. The second-order valence-corrected chi connectivity index (χ2v) is 3.48. The Hall–Kier alpha value is -0.570. The van der Waals surface area contributed by atoms with Gasteiger partial charge in [0.2, 0.25) is 5.91 Å². The second-order valence-electron chi connectivity index (χ2n) is 3.48. The van der Waals surface area contributed by atoms with E-state index in [1.54, 1.807) is 0 Å². The number of carbonyl (C=O) groups excluding carboxylic acids is 1. The monoisotopic (exact) mass is 183 g/mol. The molecule has 0 spiro atoms. The van der Waals surface area contributed by atoms with Crippen molar-refractivity contribution in [3.05, 3.63) is 0 Å². The number of piperidine rings is 1.